The number of benzene rings is 19. The molecule has 19 aromatic carbocycles. The summed E-state index contributed by atoms with van der Waals surface area (Å²) < 4.78 is 171. The number of furan rings is 4. The summed E-state index contributed by atoms with van der Waals surface area (Å²) in [6.07, 6.45) is 0. The lowest BCUT2D eigenvalue weighted by Crippen LogP contribution is -2.06. The van der Waals surface area contributed by atoms with Gasteiger partial charge in [0.15, 0.2) is 23.3 Å². The minimum absolute atomic E-state index is 0.107. The van der Waals surface area contributed by atoms with Crippen molar-refractivity contribution in [3.8, 4) is 135 Å². The highest BCUT2D eigenvalue weighted by Crippen LogP contribution is 2.48. The van der Waals surface area contributed by atoms with Gasteiger partial charge >= 0.3 is 0 Å². The Morgan fingerprint density at radius 1 is 0.182 bits per heavy atom. The van der Waals surface area contributed by atoms with E-state index in [1.54, 1.807) is 12.1 Å². The Labute approximate surface area is 777 Å². The van der Waals surface area contributed by atoms with Crippen LogP contribution in [0.25, 0.3) is 267 Å². The number of aromatic nitrogens is 8. The zero-order chi connectivity index (χ0) is 101. The molecule has 0 atom stereocenters. The summed E-state index contributed by atoms with van der Waals surface area (Å²) >= 11 is 0. The van der Waals surface area contributed by atoms with Crippen LogP contribution in [0, 0.1) is 0 Å². The van der Waals surface area contributed by atoms with E-state index in [1.807, 2.05) is 229 Å². The minimum atomic E-state index is -0.697. The zero-order valence-electron chi connectivity index (χ0n) is 85.5. The smallest absolute Gasteiger partial charge is 0.238 e. The maximum absolute atomic E-state index is 9.83. The highest BCUT2D eigenvalue weighted by atomic mass is 16.3. The molecule has 8 heterocycles. The Bertz CT molecular complexity index is 10200. The molecule has 27 aromatic rings. The highest BCUT2D eigenvalue weighted by molar-refractivity contribution is 6.29. The molecule has 8 aromatic heterocycles. The molecule has 0 saturated carbocycles. The van der Waals surface area contributed by atoms with Gasteiger partial charge in [-0.3, -0.25) is 9.13 Å². The van der Waals surface area contributed by atoms with Crippen LogP contribution in [0.15, 0.2) is 454 Å². The third kappa shape index (κ3) is 12.8. The van der Waals surface area contributed by atoms with Crippen molar-refractivity contribution in [1.29, 1.82) is 0 Å². The number of rotatable bonds is 13. The van der Waals surface area contributed by atoms with Crippen LogP contribution in [-0.2, 0) is 0 Å². The predicted octanol–water partition coefficient (Wildman–Crippen LogP) is 31.9. The van der Waals surface area contributed by atoms with Gasteiger partial charge in [0.25, 0.3) is 0 Å². The molecule has 0 aliphatic heterocycles. The van der Waals surface area contributed by atoms with Crippen molar-refractivity contribution < 1.29 is 39.6 Å². The van der Waals surface area contributed by atoms with Crippen LogP contribution in [0.3, 0.4) is 0 Å². The second-order valence-electron chi connectivity index (χ2n) is 32.3. The van der Waals surface area contributed by atoms with Crippen molar-refractivity contribution in [2.45, 2.75) is 0 Å². The average Bonchev–Trinajstić information content (AvgIpc) is 1.55. The van der Waals surface area contributed by atoms with Gasteiger partial charge in [0, 0.05) is 86.9 Å². The SMILES string of the molecule is [2H]c1c([2H])c([2H])c(-c2c([2H])c([2H])c([2H])c3oc4c([2H])c(-c5nc(-c6ccc(-c7ccccc7)cc6)nc(-n6c7cc(-c8ccccc8)ccc7c7c8c(ccc76)oc6ccccc68)n5)c([2H])c([2H])c4c23)c([2H])c1[2H].[2H]c1c([2H])c([2H])c(-c2cccc3oc4cc(-c5nc(-c6cc(-c7ccccc7)cc(-c7ccccc7)c6)nc(-n6c7cc(-c8ccccc8)ccc7c7c8c(ccc76)oc6ccccc68)n5)ccc4c23)c([2H])c1[2H]. The molecular formula is C120H72N8O4. The highest BCUT2D eigenvalue weighted by Gasteiger charge is 2.28. The molecule has 0 bridgehead atoms. The molecular weight excluding hydrogens is 1620 g/mol. The van der Waals surface area contributed by atoms with Gasteiger partial charge in [0.2, 0.25) is 11.9 Å². The van der Waals surface area contributed by atoms with Crippen molar-refractivity contribution in [2.75, 3.05) is 0 Å². The second-order valence-corrected chi connectivity index (χ2v) is 32.3. The fourth-order valence-electron chi connectivity index (χ4n) is 18.6. The van der Waals surface area contributed by atoms with Gasteiger partial charge in [-0.25, -0.2) is 9.97 Å². The summed E-state index contributed by atoms with van der Waals surface area (Å²) in [5, 5.41) is 8.49. The van der Waals surface area contributed by atoms with Gasteiger partial charge in [-0.05, 0) is 181 Å². The standard InChI is InChI=1S/C63H38N4O2.C57H34N4O2/c1-5-16-39(17-6-1)43-28-30-49-53(37-43)67(52-32-33-56-60(59(49)52)50-24-13-14-26-54(50)68-56)63-65-61(44-29-31-51-57(38-44)69-55-27-15-25-48(58(51)55)42-22-11-4-12-23-42)64-62(66-63)47-35-45(40-18-7-2-8-19-40)34-46(36-47)41-20-9-3-10-21-41;1-4-13-35(14-5-1)37-23-25-39(26-24-37)55-58-56(41-28-30-45-51(34-41)63-49-22-12-20-42(52(45)49)38-17-8-3-9-18-38)60-57(59-55)61-46-31-32-50-54(44-19-10-11-21-48(44)62-50)53(46)43-29-27-40(33-47(43)61)36-15-6-2-7-16-36/h1-38H;1-34H/i4D,11D,12D,22D,23D;3D,8D,9D,12D,17D,18D,20D,22D,28D,30D,34D. The van der Waals surface area contributed by atoms with E-state index in [0.29, 0.717) is 61.8 Å². The molecule has 0 fully saturated rings. The Morgan fingerprint density at radius 3 is 1.12 bits per heavy atom. The molecule has 0 amide bonds. The lowest BCUT2D eigenvalue weighted by Gasteiger charge is -2.14. The van der Waals surface area contributed by atoms with E-state index >= 15 is 0 Å². The van der Waals surface area contributed by atoms with E-state index in [0.717, 1.165) is 143 Å². The number of para-hydroxylation sites is 2. The summed E-state index contributed by atoms with van der Waals surface area (Å²) in [5.74, 6) is 1.40. The van der Waals surface area contributed by atoms with Crippen LogP contribution in [0.2, 0.25) is 0 Å². The normalized spacial score (nSPS) is 13.5. The van der Waals surface area contributed by atoms with Crippen LogP contribution in [0.4, 0.5) is 0 Å². The lowest BCUT2D eigenvalue weighted by atomic mass is 9.96. The average molecular weight is 1710 g/mol. The summed E-state index contributed by atoms with van der Waals surface area (Å²) in [5.41, 5.74) is 18.1. The summed E-state index contributed by atoms with van der Waals surface area (Å²) in [6, 6.07) is 104. The van der Waals surface area contributed by atoms with Gasteiger partial charge in [0.05, 0.1) is 44.0 Å². The Hall–Kier alpha value is -18.0. The van der Waals surface area contributed by atoms with Gasteiger partial charge in [-0.15, -0.1) is 0 Å². The third-order valence-electron chi connectivity index (χ3n) is 24.6. The molecule has 132 heavy (non-hydrogen) atoms. The molecule has 27 rings (SSSR count). The molecule has 0 aliphatic rings. The van der Waals surface area contributed by atoms with Crippen LogP contribution in [0.5, 0.6) is 0 Å². The summed E-state index contributed by atoms with van der Waals surface area (Å²) in [4.78, 5) is 31.4. The van der Waals surface area contributed by atoms with Crippen molar-refractivity contribution in [3.63, 3.8) is 0 Å². The maximum atomic E-state index is 9.83. The number of nitrogens with zero attached hydrogens (tertiary/aromatic N) is 8. The summed E-state index contributed by atoms with van der Waals surface area (Å²) in [6.45, 7) is 0. The van der Waals surface area contributed by atoms with E-state index in [2.05, 4.69) is 108 Å². The molecule has 12 nitrogen and oxygen atoms in total. The van der Waals surface area contributed by atoms with Crippen LogP contribution in [0.1, 0.15) is 21.9 Å². The van der Waals surface area contributed by atoms with Gasteiger partial charge < -0.3 is 17.7 Å². The van der Waals surface area contributed by atoms with Crippen LogP contribution < -0.4 is 0 Å². The first-order valence-electron chi connectivity index (χ1n) is 50.9. The molecule has 0 N–H and O–H groups in total. The monoisotopic (exact) mass is 1700 g/mol. The van der Waals surface area contributed by atoms with E-state index in [4.69, 9.17) is 65.4 Å². The molecule has 12 heteroatoms. The number of hydrogen-bond donors (Lipinski definition) is 0. The molecule has 0 unspecified atom stereocenters. The largest absolute Gasteiger partial charge is 0.456 e. The number of fused-ring (bicyclic) bond motifs is 20. The van der Waals surface area contributed by atoms with Crippen molar-refractivity contribution in [3.05, 3.63) is 436 Å². The molecule has 0 spiro atoms. The first-order chi connectivity index (χ1) is 72.0. The fraction of sp³-hybridized carbons (Fsp3) is 0. The van der Waals surface area contributed by atoms with E-state index in [1.165, 1.54) is 0 Å². The molecule has 0 saturated heterocycles. The minimum Gasteiger partial charge on any atom is -0.456 e. The number of hydrogen-bond acceptors (Lipinski definition) is 10. The predicted molar refractivity (Wildman–Crippen MR) is 537 cm³/mol. The first kappa shape index (κ1) is 60.6. The van der Waals surface area contributed by atoms with Gasteiger partial charge in [-0.1, -0.05) is 333 Å². The van der Waals surface area contributed by atoms with Crippen LogP contribution >= 0.6 is 0 Å². The van der Waals surface area contributed by atoms with E-state index in [-0.39, 0.29) is 68.3 Å². The van der Waals surface area contributed by atoms with E-state index < -0.39 is 90.2 Å². The maximum Gasteiger partial charge on any atom is 0.238 e. The molecule has 616 valence electrons. The van der Waals surface area contributed by atoms with Gasteiger partial charge in [-0.2, -0.15) is 19.9 Å². The Balaban J connectivity index is 0.000000150. The Kier molecular flexibility index (Phi) is 14.2. The third-order valence-corrected chi connectivity index (χ3v) is 24.6. The quantitative estimate of drug-likeness (QED) is 0.110. The van der Waals surface area contributed by atoms with Crippen LogP contribution in [-0.4, -0.2) is 39.0 Å². The first-order valence-corrected chi connectivity index (χ1v) is 42.9. The molecule has 0 radical (unpaired) electrons. The van der Waals surface area contributed by atoms with Crippen molar-refractivity contribution >= 4 is 131 Å². The summed E-state index contributed by atoms with van der Waals surface area (Å²) in [7, 11) is 0. The van der Waals surface area contributed by atoms with Crippen molar-refractivity contribution in [1.82, 2.24) is 39.0 Å². The zero-order valence-corrected chi connectivity index (χ0v) is 69.5. The fourth-order valence-corrected chi connectivity index (χ4v) is 18.6. The molecule has 0 aliphatic carbocycles. The Morgan fingerprint density at radius 2 is 0.576 bits per heavy atom. The van der Waals surface area contributed by atoms with Gasteiger partial charge in [0.1, 0.15) is 44.7 Å². The lowest BCUT2D eigenvalue weighted by molar-refractivity contribution is 0.668. The van der Waals surface area contributed by atoms with E-state index in [9.17, 15) is 4.11 Å². The topological polar surface area (TPSA) is 140 Å². The second kappa shape index (κ2) is 31.0. The van der Waals surface area contributed by atoms with Crippen molar-refractivity contribution in [2.24, 2.45) is 0 Å².